The van der Waals surface area contributed by atoms with Crippen LogP contribution in [0.25, 0.3) is 11.4 Å². The fraction of sp³-hybridized carbons (Fsp3) is 0.458. The molecule has 0 spiro atoms. The molecule has 2 aromatic heterocycles. The van der Waals surface area contributed by atoms with Crippen LogP contribution in [-0.2, 0) is 11.2 Å². The van der Waals surface area contributed by atoms with E-state index in [1.165, 1.54) is 0 Å². The summed E-state index contributed by atoms with van der Waals surface area (Å²) in [5.74, 6) is 2.86. The minimum absolute atomic E-state index is 0.0625. The molecule has 0 saturated heterocycles. The van der Waals surface area contributed by atoms with Gasteiger partial charge < -0.3 is 5.32 Å². The maximum atomic E-state index is 12.4. The largest absolute Gasteiger partial charge is 0.351 e. The molecule has 0 aromatic carbocycles. The molecular formula is C24H31N3O. The average Bonchev–Trinajstić information content (AvgIpc) is 2.60. The quantitative estimate of drug-likeness (QED) is 0.677. The SMILES string of the molecule is C#CC(C)(C)CC(C)(C)NC(=O)CCCc1ccnc(-c2cc(C)ccn2)c1. The summed E-state index contributed by atoms with van der Waals surface area (Å²) >= 11 is 0. The van der Waals surface area contributed by atoms with Gasteiger partial charge in [-0.3, -0.25) is 14.8 Å². The highest BCUT2D eigenvalue weighted by molar-refractivity contribution is 5.76. The maximum Gasteiger partial charge on any atom is 0.220 e. The lowest BCUT2D eigenvalue weighted by Crippen LogP contribution is -2.46. The maximum absolute atomic E-state index is 12.4. The van der Waals surface area contributed by atoms with Crippen molar-refractivity contribution in [3.05, 3.63) is 47.8 Å². The van der Waals surface area contributed by atoms with Crippen molar-refractivity contribution in [3.8, 4) is 23.7 Å². The lowest BCUT2D eigenvalue weighted by atomic mass is 9.80. The molecule has 0 aliphatic heterocycles. The number of carbonyl (C=O) groups is 1. The number of terminal acetylenes is 1. The molecule has 4 heteroatoms. The second-order valence-electron chi connectivity index (χ2n) is 8.76. The van der Waals surface area contributed by atoms with Crippen molar-refractivity contribution >= 4 is 5.91 Å². The third-order valence-corrected chi connectivity index (χ3v) is 4.62. The van der Waals surface area contributed by atoms with Gasteiger partial charge in [0.2, 0.25) is 5.91 Å². The number of carbonyl (C=O) groups excluding carboxylic acids is 1. The van der Waals surface area contributed by atoms with Gasteiger partial charge in [-0.15, -0.1) is 12.3 Å². The molecule has 2 heterocycles. The Morgan fingerprint density at radius 1 is 1.11 bits per heavy atom. The third kappa shape index (κ3) is 6.81. The Morgan fingerprint density at radius 3 is 2.39 bits per heavy atom. The van der Waals surface area contributed by atoms with Gasteiger partial charge in [-0.1, -0.05) is 0 Å². The van der Waals surface area contributed by atoms with Gasteiger partial charge in [-0.25, -0.2) is 0 Å². The molecule has 0 radical (unpaired) electrons. The van der Waals surface area contributed by atoms with Crippen molar-refractivity contribution < 1.29 is 4.79 Å². The van der Waals surface area contributed by atoms with Crippen LogP contribution in [0, 0.1) is 24.7 Å². The first kappa shape index (κ1) is 21.6. The number of hydrogen-bond acceptors (Lipinski definition) is 3. The van der Waals surface area contributed by atoms with E-state index in [2.05, 4.69) is 27.3 Å². The van der Waals surface area contributed by atoms with Gasteiger partial charge in [0.05, 0.1) is 11.4 Å². The third-order valence-electron chi connectivity index (χ3n) is 4.62. The summed E-state index contributed by atoms with van der Waals surface area (Å²) < 4.78 is 0. The van der Waals surface area contributed by atoms with Crippen molar-refractivity contribution in [2.75, 3.05) is 0 Å². The Labute approximate surface area is 169 Å². The summed E-state index contributed by atoms with van der Waals surface area (Å²) in [5, 5.41) is 3.12. The van der Waals surface area contributed by atoms with Gasteiger partial charge in [0, 0.05) is 29.8 Å². The fourth-order valence-corrected chi connectivity index (χ4v) is 3.54. The number of amides is 1. The zero-order chi connectivity index (χ0) is 20.8. The Hall–Kier alpha value is -2.67. The van der Waals surface area contributed by atoms with Crippen LogP contribution in [0.4, 0.5) is 0 Å². The number of nitrogens with one attached hydrogen (secondary N) is 1. The molecule has 1 amide bonds. The van der Waals surface area contributed by atoms with Gasteiger partial charge >= 0.3 is 0 Å². The van der Waals surface area contributed by atoms with E-state index in [4.69, 9.17) is 6.42 Å². The minimum Gasteiger partial charge on any atom is -0.351 e. The normalized spacial score (nSPS) is 11.7. The van der Waals surface area contributed by atoms with Gasteiger partial charge in [0.1, 0.15) is 0 Å². The first-order chi connectivity index (χ1) is 13.1. The van der Waals surface area contributed by atoms with E-state index in [1.807, 2.05) is 52.8 Å². The average molecular weight is 378 g/mol. The van der Waals surface area contributed by atoms with Gasteiger partial charge in [-0.2, -0.15) is 0 Å². The van der Waals surface area contributed by atoms with Crippen LogP contribution in [-0.4, -0.2) is 21.4 Å². The predicted octanol–water partition coefficient (Wildman–Crippen LogP) is 4.72. The number of hydrogen-bond donors (Lipinski definition) is 1. The monoisotopic (exact) mass is 377 g/mol. The molecule has 0 saturated carbocycles. The molecule has 0 fully saturated rings. The number of aromatic nitrogens is 2. The van der Waals surface area contributed by atoms with E-state index < -0.39 is 0 Å². The highest BCUT2D eigenvalue weighted by Crippen LogP contribution is 2.27. The van der Waals surface area contributed by atoms with Crippen molar-refractivity contribution in [2.45, 2.75) is 65.8 Å². The standard InChI is InChI=1S/C24H31N3O/c1-7-23(3,4)17-24(5,6)27-22(28)10-8-9-19-12-14-26-21(16-19)20-15-18(2)11-13-25-20/h1,11-16H,8-10,17H2,2-6H3,(H,27,28). The van der Waals surface area contributed by atoms with Crippen LogP contribution in [0.3, 0.4) is 0 Å². The molecule has 0 atom stereocenters. The first-order valence-corrected chi connectivity index (χ1v) is 9.77. The van der Waals surface area contributed by atoms with E-state index in [9.17, 15) is 4.79 Å². The molecule has 2 aromatic rings. The van der Waals surface area contributed by atoms with Crippen LogP contribution >= 0.6 is 0 Å². The Bertz CT molecular complexity index is 862. The van der Waals surface area contributed by atoms with E-state index in [0.717, 1.165) is 41.8 Å². The molecule has 0 unspecified atom stereocenters. The summed E-state index contributed by atoms with van der Waals surface area (Å²) in [4.78, 5) is 21.2. The molecule has 2 rings (SSSR count). The Balaban J connectivity index is 1.89. The molecule has 4 nitrogen and oxygen atoms in total. The molecule has 0 aliphatic rings. The van der Waals surface area contributed by atoms with Crippen molar-refractivity contribution in [3.63, 3.8) is 0 Å². The Kier molecular flexibility index (Phi) is 6.96. The number of rotatable bonds is 8. The second kappa shape index (κ2) is 9.01. The summed E-state index contributed by atoms with van der Waals surface area (Å²) in [6, 6.07) is 8.05. The predicted molar refractivity (Wildman–Crippen MR) is 115 cm³/mol. The van der Waals surface area contributed by atoms with Crippen LogP contribution in [0.5, 0.6) is 0 Å². The minimum atomic E-state index is -0.326. The number of aryl methyl sites for hydroxylation is 2. The second-order valence-corrected chi connectivity index (χ2v) is 8.76. The van der Waals surface area contributed by atoms with Crippen molar-refractivity contribution in [1.82, 2.24) is 15.3 Å². The first-order valence-electron chi connectivity index (χ1n) is 9.77. The number of nitrogens with zero attached hydrogens (tertiary/aromatic N) is 2. The molecule has 1 N–H and O–H groups in total. The van der Waals surface area contributed by atoms with E-state index >= 15 is 0 Å². The lowest BCUT2D eigenvalue weighted by molar-refractivity contribution is -0.123. The van der Waals surface area contributed by atoms with Gasteiger partial charge in [0.15, 0.2) is 0 Å². The zero-order valence-corrected chi connectivity index (χ0v) is 17.7. The topological polar surface area (TPSA) is 54.9 Å². The van der Waals surface area contributed by atoms with Crippen LogP contribution in [0.2, 0.25) is 0 Å². The van der Waals surface area contributed by atoms with Crippen LogP contribution < -0.4 is 5.32 Å². The summed E-state index contributed by atoms with van der Waals surface area (Å²) in [5.41, 5.74) is 3.49. The highest BCUT2D eigenvalue weighted by Gasteiger charge is 2.28. The smallest absolute Gasteiger partial charge is 0.220 e. The Morgan fingerprint density at radius 2 is 1.75 bits per heavy atom. The van der Waals surface area contributed by atoms with E-state index in [0.29, 0.717) is 6.42 Å². The van der Waals surface area contributed by atoms with E-state index in [-0.39, 0.29) is 16.9 Å². The summed E-state index contributed by atoms with van der Waals surface area (Å²) in [7, 11) is 0. The fourth-order valence-electron chi connectivity index (χ4n) is 3.54. The highest BCUT2D eigenvalue weighted by atomic mass is 16.1. The zero-order valence-electron chi connectivity index (χ0n) is 17.7. The van der Waals surface area contributed by atoms with Crippen LogP contribution in [0.1, 0.15) is 58.1 Å². The van der Waals surface area contributed by atoms with Crippen molar-refractivity contribution in [2.24, 2.45) is 5.41 Å². The molecular weight excluding hydrogens is 346 g/mol. The molecule has 0 bridgehead atoms. The molecule has 148 valence electrons. The van der Waals surface area contributed by atoms with Crippen LogP contribution in [0.15, 0.2) is 36.7 Å². The molecule has 0 aliphatic carbocycles. The summed E-state index contributed by atoms with van der Waals surface area (Å²) in [6.07, 6.45) is 12.0. The van der Waals surface area contributed by atoms with Crippen molar-refractivity contribution in [1.29, 1.82) is 0 Å². The van der Waals surface area contributed by atoms with Gasteiger partial charge in [-0.05, 0) is 89.3 Å². The lowest BCUT2D eigenvalue weighted by Gasteiger charge is -2.32. The number of pyridine rings is 2. The molecule has 28 heavy (non-hydrogen) atoms. The van der Waals surface area contributed by atoms with Gasteiger partial charge in [0.25, 0.3) is 0 Å². The van der Waals surface area contributed by atoms with E-state index in [1.54, 1.807) is 12.4 Å². The summed E-state index contributed by atoms with van der Waals surface area (Å²) in [6.45, 7) is 10.1.